The third kappa shape index (κ3) is 8.11. The van der Waals surface area contributed by atoms with Crippen molar-refractivity contribution in [3.8, 4) is 0 Å². The van der Waals surface area contributed by atoms with E-state index in [4.69, 9.17) is 42.6 Å². The van der Waals surface area contributed by atoms with Crippen molar-refractivity contribution in [2.24, 2.45) is 11.3 Å². The zero-order valence-corrected chi connectivity index (χ0v) is 36.1. The van der Waals surface area contributed by atoms with Crippen LogP contribution in [0.3, 0.4) is 0 Å². The number of nitrogens with zero attached hydrogens (tertiary/aromatic N) is 1. The van der Waals surface area contributed by atoms with Gasteiger partial charge in [0.1, 0.15) is 42.0 Å². The number of carbonyl (C=O) groups excluding carboxylic acids is 8. The van der Waals surface area contributed by atoms with Crippen molar-refractivity contribution in [2.75, 3.05) is 13.2 Å². The second kappa shape index (κ2) is 17.7. The van der Waals surface area contributed by atoms with Gasteiger partial charge in [-0.1, -0.05) is 25.1 Å². The number of fused-ring (bicyclic) bond motifs is 5. The summed E-state index contributed by atoms with van der Waals surface area (Å²) in [5.74, 6) is -10.1. The Hall–Kier alpha value is -5.95. The first-order valence-electron chi connectivity index (χ1n) is 20.5. The number of aliphatic hydroxyl groups is 1. The van der Waals surface area contributed by atoms with Crippen LogP contribution in [0.2, 0.25) is 0 Å². The number of benzene rings is 1. The second-order valence-electron chi connectivity index (χ2n) is 16.6. The van der Waals surface area contributed by atoms with E-state index in [1.54, 1.807) is 6.07 Å². The van der Waals surface area contributed by atoms with E-state index >= 15 is 0 Å². The maximum atomic E-state index is 14.4. The molecule has 3 fully saturated rings. The molecule has 19 nitrogen and oxygen atoms in total. The largest absolute Gasteiger partial charge is 0.465 e. The van der Waals surface area contributed by atoms with Crippen LogP contribution in [0.4, 0.5) is 0 Å². The summed E-state index contributed by atoms with van der Waals surface area (Å²) in [6.07, 6.45) is -10.6. The Morgan fingerprint density at radius 3 is 1.98 bits per heavy atom. The molecule has 4 aliphatic rings. The van der Waals surface area contributed by atoms with Gasteiger partial charge >= 0.3 is 47.8 Å². The predicted octanol–water partition coefficient (Wildman–Crippen LogP) is 2.86. The summed E-state index contributed by atoms with van der Waals surface area (Å²) in [6.45, 7) is 7.52. The van der Waals surface area contributed by atoms with Gasteiger partial charge in [0.05, 0.1) is 22.7 Å². The fraction of sp³-hybridized carbons (Fsp3) is 0.568. The van der Waals surface area contributed by atoms with Gasteiger partial charge in [-0.25, -0.2) is 9.59 Å². The fourth-order valence-electron chi connectivity index (χ4n) is 10.1. The lowest BCUT2D eigenvalue weighted by molar-refractivity contribution is -0.385. The van der Waals surface area contributed by atoms with Gasteiger partial charge in [-0.2, -0.15) is 0 Å². The number of hydrogen-bond donors (Lipinski definition) is 1. The number of pyridine rings is 1. The van der Waals surface area contributed by atoms with E-state index in [0.717, 1.165) is 41.5 Å². The van der Waals surface area contributed by atoms with Gasteiger partial charge in [-0.3, -0.25) is 33.8 Å². The molecule has 1 spiro atoms. The van der Waals surface area contributed by atoms with E-state index in [1.165, 1.54) is 49.5 Å². The molecule has 3 heterocycles. The van der Waals surface area contributed by atoms with Crippen LogP contribution in [0.5, 0.6) is 0 Å². The molecule has 2 aliphatic carbocycles. The lowest BCUT2D eigenvalue weighted by Crippen LogP contribution is -2.89. The summed E-state index contributed by atoms with van der Waals surface area (Å²) < 4.78 is 55.5. The van der Waals surface area contributed by atoms with Crippen LogP contribution in [-0.4, -0.2) is 124 Å². The average Bonchev–Trinajstić information content (AvgIpc) is 3.43. The molecule has 2 saturated carbocycles. The molecule has 12 atom stereocenters. The normalized spacial score (nSPS) is 34.6. The Balaban J connectivity index is 1.78. The minimum absolute atomic E-state index is 0.0407. The SMILES string of the molecule is CCC1CCC(=O)OC2C(OC(C)=O)C(OC(=O)c3ccccc3)C3(COC(C)=O)C(OC(C)=O)C(OC(C)=O)C4C(OC(C)=O)C3(OC4(C)COC(=O)c3cccnc31)C2(C)O. The molecule has 6 rings (SSSR count). The zero-order valence-electron chi connectivity index (χ0n) is 36.1. The lowest BCUT2D eigenvalue weighted by atomic mass is 9.45. The van der Waals surface area contributed by atoms with Gasteiger partial charge in [0.2, 0.25) is 0 Å². The maximum absolute atomic E-state index is 14.4. The fourth-order valence-corrected chi connectivity index (χ4v) is 10.1. The second-order valence-corrected chi connectivity index (χ2v) is 16.6. The smallest absolute Gasteiger partial charge is 0.340 e. The van der Waals surface area contributed by atoms with Crippen molar-refractivity contribution in [3.05, 3.63) is 65.5 Å². The third-order valence-corrected chi connectivity index (χ3v) is 12.4. The number of ether oxygens (including phenoxy) is 9. The Morgan fingerprint density at radius 2 is 1.38 bits per heavy atom. The molecule has 1 saturated heterocycles. The summed E-state index contributed by atoms with van der Waals surface area (Å²) in [5, 5.41) is 13.6. The molecule has 2 aromatic rings. The molecule has 1 aromatic carbocycles. The van der Waals surface area contributed by atoms with Gasteiger partial charge in [0.15, 0.2) is 30.0 Å². The Bertz CT molecular complexity index is 2160. The van der Waals surface area contributed by atoms with E-state index in [9.17, 15) is 43.5 Å². The van der Waals surface area contributed by atoms with Gasteiger partial charge in [0.25, 0.3) is 0 Å². The molecule has 1 aromatic heterocycles. The summed E-state index contributed by atoms with van der Waals surface area (Å²) >= 11 is 0. The highest BCUT2D eigenvalue weighted by atomic mass is 16.7. The van der Waals surface area contributed by atoms with Crippen molar-refractivity contribution >= 4 is 47.8 Å². The number of aromatic nitrogens is 1. The van der Waals surface area contributed by atoms with Crippen molar-refractivity contribution in [3.63, 3.8) is 0 Å². The first-order chi connectivity index (χ1) is 29.6. The first-order valence-corrected chi connectivity index (χ1v) is 20.5. The van der Waals surface area contributed by atoms with E-state index in [2.05, 4.69) is 4.98 Å². The van der Waals surface area contributed by atoms with Crippen LogP contribution in [0.1, 0.15) is 107 Å². The quantitative estimate of drug-likeness (QED) is 0.281. The predicted molar refractivity (Wildman–Crippen MR) is 210 cm³/mol. The monoisotopic (exact) mass is 881 g/mol. The van der Waals surface area contributed by atoms with Crippen molar-refractivity contribution in [1.29, 1.82) is 0 Å². The number of rotatable bonds is 9. The van der Waals surface area contributed by atoms with Crippen LogP contribution >= 0.6 is 0 Å². The molecule has 12 unspecified atom stereocenters. The average molecular weight is 882 g/mol. The van der Waals surface area contributed by atoms with Crippen molar-refractivity contribution in [2.45, 2.75) is 134 Å². The number of esters is 8. The topological polar surface area (TPSA) is 253 Å². The van der Waals surface area contributed by atoms with Gasteiger partial charge in [-0.05, 0) is 51.0 Å². The summed E-state index contributed by atoms with van der Waals surface area (Å²) in [5.41, 5.74) is -10.1. The minimum atomic E-state index is -2.84. The number of carbonyl (C=O) groups is 8. The molecule has 4 bridgehead atoms. The molecule has 0 radical (unpaired) electrons. The molecule has 63 heavy (non-hydrogen) atoms. The molecule has 2 aliphatic heterocycles. The zero-order chi connectivity index (χ0) is 46.2. The molecular weight excluding hydrogens is 830 g/mol. The molecule has 0 amide bonds. The Morgan fingerprint density at radius 1 is 0.778 bits per heavy atom. The van der Waals surface area contributed by atoms with E-state index in [-0.39, 0.29) is 24.0 Å². The lowest BCUT2D eigenvalue weighted by Gasteiger charge is -2.67. The minimum Gasteiger partial charge on any atom is -0.465 e. The Labute approximate surface area is 362 Å². The standard InChI is InChI=1S/C44H51NO18/c1-9-27-17-18-30(51)61-36-34(58-24(4)48)38(62-39(52)28-14-11-10-12-15-28)43(21-55-22(2)46)37(60-26(6)50)33(57-23(3)47)31-35(59-25(5)49)44(43,42(36,8)54)63-41(31,7)20-56-40(53)29-16-13-19-45-32(27)29/h10-16,19,27,31,33-38,54H,9,17-18,20-21H2,1-8H3. The van der Waals surface area contributed by atoms with E-state index < -0.39 is 132 Å². The third-order valence-electron chi connectivity index (χ3n) is 12.4. The molecular formula is C44H51NO18. The van der Waals surface area contributed by atoms with E-state index in [1.807, 2.05) is 6.92 Å². The summed E-state index contributed by atoms with van der Waals surface area (Å²) in [7, 11) is 0. The first kappa shape index (κ1) is 46.6. The molecule has 19 heteroatoms. The van der Waals surface area contributed by atoms with Crippen LogP contribution in [-0.2, 0) is 71.4 Å². The van der Waals surface area contributed by atoms with Gasteiger partial charge < -0.3 is 47.7 Å². The van der Waals surface area contributed by atoms with Crippen LogP contribution < -0.4 is 0 Å². The van der Waals surface area contributed by atoms with Crippen LogP contribution in [0, 0.1) is 11.3 Å². The van der Waals surface area contributed by atoms with Crippen molar-refractivity contribution < 1.29 is 86.1 Å². The maximum Gasteiger partial charge on any atom is 0.340 e. The highest BCUT2D eigenvalue weighted by Gasteiger charge is 2.92. The van der Waals surface area contributed by atoms with Crippen LogP contribution in [0.15, 0.2) is 48.7 Å². The van der Waals surface area contributed by atoms with E-state index in [0.29, 0.717) is 12.1 Å². The van der Waals surface area contributed by atoms with Crippen LogP contribution in [0.25, 0.3) is 0 Å². The summed E-state index contributed by atoms with van der Waals surface area (Å²) in [6, 6.07) is 10.4. The molecule has 1 N–H and O–H groups in total. The van der Waals surface area contributed by atoms with Crippen molar-refractivity contribution in [1.82, 2.24) is 4.98 Å². The number of cyclic esters (lactones) is 1. The highest BCUT2D eigenvalue weighted by molar-refractivity contribution is 5.91. The summed E-state index contributed by atoms with van der Waals surface area (Å²) in [4.78, 5) is 114. The number of hydrogen-bond acceptors (Lipinski definition) is 19. The highest BCUT2D eigenvalue weighted by Crippen LogP contribution is 2.70. The van der Waals surface area contributed by atoms with Gasteiger partial charge in [-0.15, -0.1) is 0 Å². The molecule has 340 valence electrons. The van der Waals surface area contributed by atoms with Gasteiger partial charge in [0, 0.05) is 53.2 Å². The Kier molecular flexibility index (Phi) is 13.1.